The Bertz CT molecular complexity index is 1010. The van der Waals surface area contributed by atoms with Crippen molar-refractivity contribution in [2.24, 2.45) is 0 Å². The van der Waals surface area contributed by atoms with Gasteiger partial charge in [0.15, 0.2) is 4.32 Å². The number of carbonyl (C=O) groups is 2. The van der Waals surface area contributed by atoms with Crippen molar-refractivity contribution >= 4 is 92.6 Å². The summed E-state index contributed by atoms with van der Waals surface area (Å²) in [5.74, 6) is -1.06. The van der Waals surface area contributed by atoms with Crippen LogP contribution < -0.4 is 5.43 Å². The van der Waals surface area contributed by atoms with Gasteiger partial charge in [-0.1, -0.05) is 64.2 Å². The van der Waals surface area contributed by atoms with E-state index in [0.29, 0.717) is 25.5 Å². The van der Waals surface area contributed by atoms with Crippen LogP contribution in [-0.4, -0.2) is 21.1 Å². The number of halogens is 4. The van der Waals surface area contributed by atoms with Crippen molar-refractivity contribution < 1.29 is 9.59 Å². The minimum atomic E-state index is -0.584. The first kappa shape index (κ1) is 20.5. The van der Waals surface area contributed by atoms with Crippen LogP contribution in [0.4, 0.5) is 0 Å². The quantitative estimate of drug-likeness (QED) is 0.445. The lowest BCUT2D eigenvalue weighted by molar-refractivity contribution is -0.123. The number of nitrogens with zero attached hydrogens (tertiary/aromatic N) is 1. The van der Waals surface area contributed by atoms with Crippen LogP contribution in [0, 0.1) is 0 Å². The van der Waals surface area contributed by atoms with Crippen molar-refractivity contribution in [1.29, 1.82) is 0 Å². The van der Waals surface area contributed by atoms with Crippen molar-refractivity contribution in [3.8, 4) is 0 Å². The van der Waals surface area contributed by atoms with Crippen molar-refractivity contribution in [2.45, 2.75) is 0 Å². The second-order valence-electron chi connectivity index (χ2n) is 5.25. The summed E-state index contributed by atoms with van der Waals surface area (Å²) in [5, 5.41) is 2.42. The molecule has 0 atom stereocenters. The van der Waals surface area contributed by atoms with E-state index in [4.69, 9.17) is 58.6 Å². The Morgan fingerprint density at radius 1 is 1.04 bits per heavy atom. The predicted molar refractivity (Wildman–Crippen MR) is 115 cm³/mol. The molecule has 27 heavy (non-hydrogen) atoms. The topological polar surface area (TPSA) is 49.4 Å². The Balaban J connectivity index is 1.82. The number of rotatable bonds is 3. The molecule has 1 aliphatic rings. The Labute approximate surface area is 184 Å². The summed E-state index contributed by atoms with van der Waals surface area (Å²) < 4.78 is 0.176. The lowest BCUT2D eigenvalue weighted by atomic mass is 10.2. The maximum atomic E-state index is 12.6. The predicted octanol–water partition coefficient (Wildman–Crippen LogP) is 5.85. The summed E-state index contributed by atoms with van der Waals surface area (Å²) >= 11 is 30.1. The van der Waals surface area contributed by atoms with Gasteiger partial charge in [0.1, 0.15) is 0 Å². The lowest BCUT2D eigenvalue weighted by Crippen LogP contribution is -2.44. The molecular formula is C17H8Cl4N2O2S2. The SMILES string of the molecule is O=C(NN1C(=O)C(=Cc2ccc(Cl)cc2Cl)SC1=S)c1ccc(Cl)cc1Cl. The molecular weight excluding hydrogens is 470 g/mol. The van der Waals surface area contributed by atoms with Crippen LogP contribution >= 0.6 is 70.4 Å². The molecule has 0 aliphatic carbocycles. The highest BCUT2D eigenvalue weighted by Crippen LogP contribution is 2.33. The molecule has 1 saturated heterocycles. The van der Waals surface area contributed by atoms with E-state index in [9.17, 15) is 9.59 Å². The largest absolute Gasteiger partial charge is 0.285 e. The third kappa shape index (κ3) is 4.59. The second kappa shape index (κ2) is 8.39. The third-order valence-corrected chi connectivity index (χ3v) is 5.84. The molecule has 1 fully saturated rings. The molecule has 1 N–H and O–H groups in total. The summed E-state index contributed by atoms with van der Waals surface area (Å²) in [6, 6.07) is 9.33. The highest BCUT2D eigenvalue weighted by molar-refractivity contribution is 8.26. The van der Waals surface area contributed by atoms with Gasteiger partial charge in [0.05, 0.1) is 15.5 Å². The highest BCUT2D eigenvalue weighted by atomic mass is 35.5. The molecule has 10 heteroatoms. The molecule has 0 saturated carbocycles. The van der Waals surface area contributed by atoms with E-state index in [1.165, 1.54) is 18.2 Å². The van der Waals surface area contributed by atoms with Gasteiger partial charge in [-0.2, -0.15) is 5.01 Å². The summed E-state index contributed by atoms with van der Waals surface area (Å²) in [6.07, 6.45) is 1.58. The van der Waals surface area contributed by atoms with Crippen molar-refractivity contribution in [3.63, 3.8) is 0 Å². The van der Waals surface area contributed by atoms with Crippen molar-refractivity contribution in [3.05, 3.63) is 72.5 Å². The molecule has 1 heterocycles. The molecule has 0 spiro atoms. The van der Waals surface area contributed by atoms with E-state index >= 15 is 0 Å². The van der Waals surface area contributed by atoms with E-state index in [-0.39, 0.29) is 14.9 Å². The molecule has 2 aromatic rings. The van der Waals surface area contributed by atoms with Crippen LogP contribution in [0.15, 0.2) is 41.3 Å². The van der Waals surface area contributed by atoms with Gasteiger partial charge in [0.25, 0.3) is 11.8 Å². The minimum absolute atomic E-state index is 0.161. The number of nitrogens with one attached hydrogen (secondary N) is 1. The molecule has 0 bridgehead atoms. The van der Waals surface area contributed by atoms with Crippen LogP contribution in [0.2, 0.25) is 20.1 Å². The Morgan fingerprint density at radius 3 is 2.30 bits per heavy atom. The maximum absolute atomic E-state index is 12.6. The van der Waals surface area contributed by atoms with Crippen LogP contribution in [-0.2, 0) is 4.79 Å². The van der Waals surface area contributed by atoms with E-state index in [0.717, 1.165) is 16.8 Å². The molecule has 4 nitrogen and oxygen atoms in total. The van der Waals surface area contributed by atoms with Crippen molar-refractivity contribution in [2.75, 3.05) is 0 Å². The van der Waals surface area contributed by atoms with Gasteiger partial charge in [-0.05, 0) is 54.2 Å². The number of benzene rings is 2. The number of hydrazine groups is 1. The van der Waals surface area contributed by atoms with Gasteiger partial charge in [-0.15, -0.1) is 0 Å². The number of thiocarbonyl (C=S) groups is 1. The molecule has 2 aromatic carbocycles. The first-order valence-corrected chi connectivity index (χ1v) is 9.99. The van der Waals surface area contributed by atoms with Gasteiger partial charge in [-0.3, -0.25) is 15.0 Å². The Kier molecular flexibility index (Phi) is 6.35. The monoisotopic (exact) mass is 476 g/mol. The Hall–Kier alpha value is -1.28. The number of thioether (sulfide) groups is 1. The summed E-state index contributed by atoms with van der Waals surface area (Å²) in [7, 11) is 0. The van der Waals surface area contributed by atoms with Gasteiger partial charge >= 0.3 is 0 Å². The molecule has 3 rings (SSSR count). The zero-order valence-electron chi connectivity index (χ0n) is 13.1. The smallest absolute Gasteiger partial charge is 0.267 e. The normalized spacial score (nSPS) is 15.6. The summed E-state index contributed by atoms with van der Waals surface area (Å²) in [5.41, 5.74) is 3.23. The van der Waals surface area contributed by atoms with Crippen LogP contribution in [0.3, 0.4) is 0 Å². The van der Waals surface area contributed by atoms with E-state index in [1.807, 2.05) is 0 Å². The molecule has 138 valence electrons. The van der Waals surface area contributed by atoms with Crippen molar-refractivity contribution in [1.82, 2.24) is 10.4 Å². The molecule has 0 unspecified atom stereocenters. The van der Waals surface area contributed by atoms with E-state index in [2.05, 4.69) is 5.43 Å². The summed E-state index contributed by atoms with van der Waals surface area (Å²) in [6.45, 7) is 0. The fourth-order valence-corrected chi connectivity index (χ4v) is 4.29. The highest BCUT2D eigenvalue weighted by Gasteiger charge is 2.34. The van der Waals surface area contributed by atoms with Gasteiger partial charge in [-0.25, -0.2) is 0 Å². The molecule has 0 aromatic heterocycles. The fraction of sp³-hybridized carbons (Fsp3) is 0. The first-order valence-electron chi connectivity index (χ1n) is 7.25. The van der Waals surface area contributed by atoms with E-state index < -0.39 is 11.8 Å². The van der Waals surface area contributed by atoms with Crippen LogP contribution in [0.25, 0.3) is 6.08 Å². The zero-order valence-corrected chi connectivity index (χ0v) is 17.8. The Morgan fingerprint density at radius 2 is 1.67 bits per heavy atom. The number of amides is 2. The fourth-order valence-electron chi connectivity index (χ4n) is 2.16. The zero-order chi connectivity index (χ0) is 19.7. The second-order valence-corrected chi connectivity index (χ2v) is 8.61. The van der Waals surface area contributed by atoms with E-state index in [1.54, 1.807) is 24.3 Å². The van der Waals surface area contributed by atoms with Crippen LogP contribution in [0.5, 0.6) is 0 Å². The molecule has 0 radical (unpaired) electrons. The number of hydrogen-bond acceptors (Lipinski definition) is 4. The maximum Gasteiger partial charge on any atom is 0.285 e. The third-order valence-electron chi connectivity index (χ3n) is 3.43. The van der Waals surface area contributed by atoms with Gasteiger partial charge in [0.2, 0.25) is 0 Å². The average molecular weight is 478 g/mol. The molecule has 2 amide bonds. The number of hydrogen-bond donors (Lipinski definition) is 1. The standard InChI is InChI=1S/C17H8Cl4N2O2S2/c18-9-2-1-8(12(20)6-9)5-14-16(25)23(17(26)27-14)22-15(24)11-4-3-10(19)7-13(11)21/h1-7H,(H,22,24). The first-order chi connectivity index (χ1) is 12.8. The van der Waals surface area contributed by atoms with Gasteiger partial charge < -0.3 is 0 Å². The summed E-state index contributed by atoms with van der Waals surface area (Å²) in [4.78, 5) is 25.4. The molecule has 1 aliphatic heterocycles. The minimum Gasteiger partial charge on any atom is -0.267 e. The lowest BCUT2D eigenvalue weighted by Gasteiger charge is -2.16. The van der Waals surface area contributed by atoms with Crippen LogP contribution in [0.1, 0.15) is 15.9 Å². The average Bonchev–Trinajstić information content (AvgIpc) is 2.84. The van der Waals surface area contributed by atoms with Gasteiger partial charge in [0, 0.05) is 15.1 Å². The number of carbonyl (C=O) groups excluding carboxylic acids is 2.